The van der Waals surface area contributed by atoms with Gasteiger partial charge in [-0.05, 0) is 24.7 Å². The Morgan fingerprint density at radius 1 is 1.27 bits per heavy atom. The van der Waals surface area contributed by atoms with Crippen molar-refractivity contribution in [2.75, 3.05) is 6.61 Å². The van der Waals surface area contributed by atoms with Crippen molar-refractivity contribution in [2.45, 2.75) is 45.4 Å². The molecule has 0 amide bonds. The highest BCUT2D eigenvalue weighted by molar-refractivity contribution is 4.71. The van der Waals surface area contributed by atoms with Crippen molar-refractivity contribution in [1.82, 2.24) is 0 Å². The number of rotatable bonds is 3. The molecule has 0 aromatic heterocycles. The molecule has 1 aliphatic carbocycles. The molecular weight excluding hydrogens is 136 g/mol. The maximum Gasteiger partial charge on any atom is 0.0431 e. The van der Waals surface area contributed by atoms with Crippen LogP contribution in [0.5, 0.6) is 0 Å². The fourth-order valence-electron chi connectivity index (χ4n) is 2.18. The molecule has 11 heavy (non-hydrogen) atoms. The highest BCUT2D eigenvalue weighted by atomic mass is 16.2. The minimum Gasteiger partial charge on any atom is -0.396 e. The zero-order valence-electron chi connectivity index (χ0n) is 7.55. The van der Waals surface area contributed by atoms with Gasteiger partial charge in [0.1, 0.15) is 0 Å². The van der Waals surface area contributed by atoms with Gasteiger partial charge in [0.05, 0.1) is 0 Å². The highest BCUT2D eigenvalue weighted by Gasteiger charge is 2.19. The Bertz CT molecular complexity index is 101. The van der Waals surface area contributed by atoms with Crippen molar-refractivity contribution in [3.05, 3.63) is 0 Å². The van der Waals surface area contributed by atoms with Gasteiger partial charge in [-0.25, -0.2) is 0 Å². The smallest absolute Gasteiger partial charge is 0.0431 e. The van der Waals surface area contributed by atoms with E-state index >= 15 is 0 Å². The van der Waals surface area contributed by atoms with Gasteiger partial charge in [0.25, 0.3) is 0 Å². The average molecular weight is 156 g/mol. The number of hydrogen-bond acceptors (Lipinski definition) is 1. The van der Waals surface area contributed by atoms with Crippen LogP contribution >= 0.6 is 0 Å². The van der Waals surface area contributed by atoms with Crippen LogP contribution in [0.15, 0.2) is 0 Å². The van der Waals surface area contributed by atoms with Crippen LogP contribution < -0.4 is 0 Å². The van der Waals surface area contributed by atoms with Crippen LogP contribution in [0.2, 0.25) is 0 Å². The van der Waals surface area contributed by atoms with Gasteiger partial charge in [0, 0.05) is 6.61 Å². The molecule has 1 N–H and O–H groups in total. The largest absolute Gasteiger partial charge is 0.396 e. The summed E-state index contributed by atoms with van der Waals surface area (Å²) in [5, 5.41) is 8.68. The van der Waals surface area contributed by atoms with E-state index in [2.05, 4.69) is 6.92 Å². The lowest BCUT2D eigenvalue weighted by molar-refractivity contribution is 0.210. The van der Waals surface area contributed by atoms with Crippen LogP contribution in [0.4, 0.5) is 0 Å². The molecular formula is C10H20O. The molecule has 1 nitrogen and oxygen atoms in total. The quantitative estimate of drug-likeness (QED) is 0.666. The lowest BCUT2D eigenvalue weighted by Gasteiger charge is -2.28. The van der Waals surface area contributed by atoms with Gasteiger partial charge in [0.15, 0.2) is 0 Å². The van der Waals surface area contributed by atoms with Gasteiger partial charge < -0.3 is 5.11 Å². The van der Waals surface area contributed by atoms with Crippen LogP contribution in [-0.4, -0.2) is 11.7 Å². The second kappa shape index (κ2) is 4.76. The summed E-state index contributed by atoms with van der Waals surface area (Å²) in [5.74, 6) is 1.83. The predicted octanol–water partition coefficient (Wildman–Crippen LogP) is 2.59. The van der Waals surface area contributed by atoms with E-state index in [0.29, 0.717) is 6.61 Å². The fraction of sp³-hybridized carbons (Fsp3) is 1.00. The Balaban J connectivity index is 2.18. The lowest BCUT2D eigenvalue weighted by atomic mass is 9.78. The van der Waals surface area contributed by atoms with Crippen molar-refractivity contribution in [2.24, 2.45) is 11.8 Å². The maximum absolute atomic E-state index is 8.68. The summed E-state index contributed by atoms with van der Waals surface area (Å²) >= 11 is 0. The van der Waals surface area contributed by atoms with E-state index in [-0.39, 0.29) is 0 Å². The van der Waals surface area contributed by atoms with Crippen molar-refractivity contribution in [3.63, 3.8) is 0 Å². The van der Waals surface area contributed by atoms with E-state index in [4.69, 9.17) is 5.11 Å². The monoisotopic (exact) mass is 156 g/mol. The van der Waals surface area contributed by atoms with Crippen molar-refractivity contribution in [3.8, 4) is 0 Å². The highest BCUT2D eigenvalue weighted by Crippen LogP contribution is 2.32. The van der Waals surface area contributed by atoms with Gasteiger partial charge >= 0.3 is 0 Å². The molecule has 0 spiro atoms. The van der Waals surface area contributed by atoms with Gasteiger partial charge in [-0.2, -0.15) is 0 Å². The van der Waals surface area contributed by atoms with Gasteiger partial charge in [-0.1, -0.05) is 32.6 Å². The minimum atomic E-state index is 0.378. The number of aliphatic hydroxyl groups is 1. The van der Waals surface area contributed by atoms with E-state index in [1.165, 1.54) is 32.1 Å². The van der Waals surface area contributed by atoms with E-state index < -0.39 is 0 Å². The molecule has 1 saturated carbocycles. The van der Waals surface area contributed by atoms with E-state index in [9.17, 15) is 0 Å². The average Bonchev–Trinajstić information content (AvgIpc) is 2.03. The topological polar surface area (TPSA) is 20.2 Å². The third-order valence-corrected chi connectivity index (χ3v) is 3.02. The van der Waals surface area contributed by atoms with Crippen LogP contribution in [0.25, 0.3) is 0 Å². The predicted molar refractivity (Wildman–Crippen MR) is 47.4 cm³/mol. The molecule has 1 heteroatoms. The van der Waals surface area contributed by atoms with E-state index in [1.807, 2.05) is 0 Å². The van der Waals surface area contributed by atoms with E-state index in [1.54, 1.807) is 0 Å². The molecule has 1 fully saturated rings. The maximum atomic E-state index is 8.68. The summed E-state index contributed by atoms with van der Waals surface area (Å²) in [5.41, 5.74) is 0. The Kier molecular flexibility index (Phi) is 3.92. The second-order valence-corrected chi connectivity index (χ2v) is 3.89. The van der Waals surface area contributed by atoms with Crippen molar-refractivity contribution >= 4 is 0 Å². The van der Waals surface area contributed by atoms with Crippen molar-refractivity contribution in [1.29, 1.82) is 0 Å². The molecule has 0 heterocycles. The van der Waals surface area contributed by atoms with Crippen LogP contribution in [0, 0.1) is 11.8 Å². The summed E-state index contributed by atoms with van der Waals surface area (Å²) in [7, 11) is 0. The molecule has 0 aromatic rings. The molecule has 2 atom stereocenters. The summed E-state index contributed by atoms with van der Waals surface area (Å²) in [4.78, 5) is 0. The zero-order chi connectivity index (χ0) is 8.10. The standard InChI is InChI=1S/C10H20O/c1-9-5-2-3-6-10(9)7-4-8-11/h9-11H,2-8H2,1H3. The molecule has 0 bridgehead atoms. The molecule has 66 valence electrons. The summed E-state index contributed by atoms with van der Waals surface area (Å²) in [6.45, 7) is 2.74. The Morgan fingerprint density at radius 2 is 2.00 bits per heavy atom. The summed E-state index contributed by atoms with van der Waals surface area (Å²) in [6.07, 6.45) is 7.92. The normalized spacial score (nSPS) is 32.2. The Labute approximate surface area is 69.8 Å². The SMILES string of the molecule is CC1CCCCC1CCCO. The van der Waals surface area contributed by atoms with E-state index in [0.717, 1.165) is 18.3 Å². The molecule has 0 aromatic carbocycles. The minimum absolute atomic E-state index is 0.378. The van der Waals surface area contributed by atoms with Crippen LogP contribution in [0.3, 0.4) is 0 Å². The molecule has 1 rings (SSSR count). The molecule has 0 aliphatic heterocycles. The molecule has 1 aliphatic rings. The lowest BCUT2D eigenvalue weighted by Crippen LogP contribution is -2.16. The fourth-order valence-corrected chi connectivity index (χ4v) is 2.18. The number of aliphatic hydroxyl groups excluding tert-OH is 1. The first-order valence-corrected chi connectivity index (χ1v) is 4.95. The summed E-state index contributed by atoms with van der Waals surface area (Å²) < 4.78 is 0. The van der Waals surface area contributed by atoms with Gasteiger partial charge in [-0.3, -0.25) is 0 Å². The summed E-state index contributed by atoms with van der Waals surface area (Å²) in [6, 6.07) is 0. The Morgan fingerprint density at radius 3 is 2.64 bits per heavy atom. The first-order chi connectivity index (χ1) is 5.34. The van der Waals surface area contributed by atoms with Crippen LogP contribution in [-0.2, 0) is 0 Å². The van der Waals surface area contributed by atoms with Crippen LogP contribution in [0.1, 0.15) is 45.4 Å². The van der Waals surface area contributed by atoms with Gasteiger partial charge in [0.2, 0.25) is 0 Å². The molecule has 0 saturated heterocycles. The molecule has 0 radical (unpaired) electrons. The van der Waals surface area contributed by atoms with Crippen molar-refractivity contribution < 1.29 is 5.11 Å². The molecule has 2 unspecified atom stereocenters. The third-order valence-electron chi connectivity index (χ3n) is 3.02. The second-order valence-electron chi connectivity index (χ2n) is 3.89. The Hall–Kier alpha value is -0.0400. The first kappa shape index (κ1) is 9.05. The zero-order valence-corrected chi connectivity index (χ0v) is 7.55. The van der Waals surface area contributed by atoms with Gasteiger partial charge in [-0.15, -0.1) is 0 Å². The third kappa shape index (κ3) is 2.82. The number of hydrogen-bond donors (Lipinski definition) is 1. The first-order valence-electron chi connectivity index (χ1n) is 4.95.